The lowest BCUT2D eigenvalue weighted by atomic mass is 9.67. The van der Waals surface area contributed by atoms with E-state index in [-0.39, 0.29) is 52.3 Å². The summed E-state index contributed by atoms with van der Waals surface area (Å²) in [4.78, 5) is 41.3. The molecule has 2 aliphatic carbocycles. The van der Waals surface area contributed by atoms with Crippen LogP contribution in [-0.4, -0.2) is 89.3 Å². The van der Waals surface area contributed by atoms with Crippen LogP contribution in [0.1, 0.15) is 88.1 Å². The van der Waals surface area contributed by atoms with Gasteiger partial charge in [-0.1, -0.05) is 19.1 Å². The summed E-state index contributed by atoms with van der Waals surface area (Å²) in [5.41, 5.74) is -2.24. The molecule has 0 unspecified atom stereocenters. The van der Waals surface area contributed by atoms with Crippen LogP contribution in [0.25, 0.3) is 0 Å². The second-order valence-electron chi connectivity index (χ2n) is 11.4. The number of benzene rings is 2. The Labute approximate surface area is 237 Å². The number of esters is 1. The van der Waals surface area contributed by atoms with Crippen LogP contribution in [0.4, 0.5) is 0 Å². The normalized spacial score (nSPS) is 30.9. The molecule has 2 aromatic rings. The Morgan fingerprint density at radius 2 is 1.85 bits per heavy atom. The Morgan fingerprint density at radius 1 is 1.15 bits per heavy atom. The summed E-state index contributed by atoms with van der Waals surface area (Å²) in [6, 6.07) is 5.24. The second-order valence-corrected chi connectivity index (χ2v) is 11.4. The third-order valence-corrected chi connectivity index (χ3v) is 8.88. The smallest absolute Gasteiger partial charge is 0.316 e. The number of aliphatic hydroxyl groups excluding tert-OH is 1. The summed E-state index contributed by atoms with van der Waals surface area (Å²) in [6.07, 6.45) is -2.96. The van der Waals surface area contributed by atoms with E-state index in [0.29, 0.717) is 6.42 Å². The molecular weight excluding hydrogens is 534 g/mol. The van der Waals surface area contributed by atoms with Crippen molar-refractivity contribution in [2.75, 3.05) is 21.2 Å². The van der Waals surface area contributed by atoms with Crippen molar-refractivity contribution in [3.05, 3.63) is 57.6 Å². The fourth-order valence-electron chi connectivity index (χ4n) is 6.59. The van der Waals surface area contributed by atoms with Gasteiger partial charge in [0.05, 0.1) is 56.6 Å². The molecule has 0 saturated carbocycles. The number of phenolic OH excluding ortho intramolecular Hbond substituents is 2. The molecule has 0 spiro atoms. The van der Waals surface area contributed by atoms with Gasteiger partial charge in [0, 0.05) is 23.1 Å². The van der Waals surface area contributed by atoms with E-state index < -0.39 is 65.2 Å². The summed E-state index contributed by atoms with van der Waals surface area (Å²) in [5, 5.41) is 44.5. The molecule has 1 aliphatic heterocycles. The predicted octanol–water partition coefficient (Wildman–Crippen LogP) is 0.741. The van der Waals surface area contributed by atoms with Crippen molar-refractivity contribution in [1.82, 2.24) is 0 Å². The maximum atomic E-state index is 13.6. The molecule has 0 amide bonds. The number of aromatic hydroxyl groups is 2. The molecule has 11 heteroatoms. The first kappa shape index (κ1) is 29.2. The number of fused-ring (bicyclic) bond motifs is 3. The van der Waals surface area contributed by atoms with Gasteiger partial charge in [0.15, 0.2) is 12.1 Å². The Balaban J connectivity index is 1.69. The number of hydrogen-bond donors (Lipinski definition) is 5. The van der Waals surface area contributed by atoms with E-state index in [1.807, 2.05) is 14.1 Å². The number of likely N-dealkylation sites (N-methyl/N-ethyl adjacent to an activating group) is 1. The van der Waals surface area contributed by atoms with Gasteiger partial charge in [0.25, 0.3) is 0 Å². The summed E-state index contributed by atoms with van der Waals surface area (Å²) in [7, 11) is 4.99. The number of hydrogen-bond acceptors (Lipinski definition) is 10. The van der Waals surface area contributed by atoms with Gasteiger partial charge in [-0.25, -0.2) is 0 Å². The van der Waals surface area contributed by atoms with Gasteiger partial charge in [-0.05, 0) is 31.0 Å². The van der Waals surface area contributed by atoms with Crippen molar-refractivity contribution in [1.29, 1.82) is 0 Å². The largest absolute Gasteiger partial charge is 0.507 e. The molecule has 0 bridgehead atoms. The second kappa shape index (κ2) is 10.5. The number of methoxy groups -OCH3 is 1. The monoisotopic (exact) mass is 570 g/mol. The molecule has 1 fully saturated rings. The maximum absolute atomic E-state index is 13.6. The van der Waals surface area contributed by atoms with E-state index >= 15 is 0 Å². The summed E-state index contributed by atoms with van der Waals surface area (Å²) >= 11 is 0. The Bertz CT molecular complexity index is 1420. The first-order chi connectivity index (χ1) is 19.3. The van der Waals surface area contributed by atoms with Gasteiger partial charge < -0.3 is 39.5 Å². The van der Waals surface area contributed by atoms with Crippen LogP contribution in [0, 0.1) is 0 Å². The molecule has 3 aliphatic rings. The van der Waals surface area contributed by atoms with Crippen molar-refractivity contribution in [3.63, 3.8) is 0 Å². The van der Waals surface area contributed by atoms with Crippen molar-refractivity contribution in [3.8, 4) is 11.5 Å². The van der Waals surface area contributed by atoms with Gasteiger partial charge >= 0.3 is 5.97 Å². The quantitative estimate of drug-likeness (QED) is 0.277. The third-order valence-electron chi connectivity index (χ3n) is 8.88. The Hall–Kier alpha value is -3.35. The number of quaternary nitrogens is 1. The minimum absolute atomic E-state index is 0.0359. The van der Waals surface area contributed by atoms with Crippen LogP contribution in [0.2, 0.25) is 0 Å². The van der Waals surface area contributed by atoms with E-state index in [2.05, 4.69) is 0 Å². The number of carbonyl (C=O) groups is 3. The first-order valence-corrected chi connectivity index (χ1v) is 13.7. The van der Waals surface area contributed by atoms with Crippen LogP contribution in [-0.2, 0) is 19.0 Å². The fraction of sp³-hybridized carbons (Fsp3) is 0.500. The Morgan fingerprint density at radius 3 is 2.49 bits per heavy atom. The lowest BCUT2D eigenvalue weighted by molar-refractivity contribution is -0.893. The average Bonchev–Trinajstić information content (AvgIpc) is 2.92. The molecule has 1 saturated heterocycles. The van der Waals surface area contributed by atoms with Gasteiger partial charge in [-0.2, -0.15) is 0 Å². The van der Waals surface area contributed by atoms with Crippen molar-refractivity contribution < 1.29 is 53.9 Å². The zero-order chi connectivity index (χ0) is 30.0. The molecule has 220 valence electrons. The minimum atomic E-state index is -1.69. The van der Waals surface area contributed by atoms with Crippen molar-refractivity contribution >= 4 is 17.5 Å². The molecule has 0 radical (unpaired) electrons. The average molecular weight is 571 g/mol. The van der Waals surface area contributed by atoms with E-state index in [9.17, 15) is 34.8 Å². The van der Waals surface area contributed by atoms with Crippen molar-refractivity contribution in [2.45, 2.75) is 75.3 Å². The highest BCUT2D eigenvalue weighted by atomic mass is 16.7. The van der Waals surface area contributed by atoms with Crippen molar-refractivity contribution in [2.24, 2.45) is 0 Å². The van der Waals surface area contributed by atoms with Gasteiger partial charge in [0.2, 0.25) is 5.78 Å². The van der Waals surface area contributed by atoms with E-state index in [4.69, 9.17) is 14.2 Å². The summed E-state index contributed by atoms with van der Waals surface area (Å²) in [5.74, 6) is -4.40. The molecule has 5 N–H and O–H groups in total. The number of ketones is 2. The molecule has 41 heavy (non-hydrogen) atoms. The SMILES string of the molecule is CC[C@@]1(O)C[C@H](O[C@H]2C[C@@H]([NH+](C)C)[C@H](O)[C@H](C)O2)c2c(cc3c(c2O)C(=O)c2c(O)cccc2C3=O)[C@H]1C(=O)OC. The van der Waals surface area contributed by atoms with Gasteiger partial charge in [-0.15, -0.1) is 0 Å². The predicted molar refractivity (Wildman–Crippen MR) is 143 cm³/mol. The molecular formula is C30H36NO10+. The fourth-order valence-corrected chi connectivity index (χ4v) is 6.59. The van der Waals surface area contributed by atoms with Gasteiger partial charge in [0.1, 0.15) is 29.6 Å². The lowest BCUT2D eigenvalue weighted by Crippen LogP contribution is -3.12. The zero-order valence-corrected chi connectivity index (χ0v) is 23.6. The molecule has 7 atom stereocenters. The number of aliphatic hydroxyl groups is 2. The van der Waals surface area contributed by atoms with Crippen LogP contribution in [0.3, 0.4) is 0 Å². The standard InChI is InChI=1S/C30H35NO10/c1-6-30(38)12-19(41-20-11-17(31(3)4)25(33)13(2)40-20)22-15(24(30)29(37)39-5)10-16-23(28(22)36)27(35)21-14(26(16)34)8-7-9-18(21)32/h7-10,13,17,19-20,24-25,32-33,36,38H,6,11-12H2,1-5H3/p+1/t13-,17+,19-,20-,24-,25+,30+/m0/s1. The van der Waals surface area contributed by atoms with E-state index in [1.165, 1.54) is 31.4 Å². The van der Waals surface area contributed by atoms with E-state index in [1.54, 1.807) is 13.8 Å². The molecule has 11 nitrogen and oxygen atoms in total. The highest BCUT2D eigenvalue weighted by Gasteiger charge is 2.53. The maximum Gasteiger partial charge on any atom is 0.316 e. The first-order valence-electron chi connectivity index (χ1n) is 13.7. The molecule has 2 aromatic carbocycles. The third kappa shape index (κ3) is 4.52. The molecule has 1 heterocycles. The number of ether oxygens (including phenoxy) is 3. The van der Waals surface area contributed by atoms with Crippen LogP contribution >= 0.6 is 0 Å². The van der Waals surface area contributed by atoms with Crippen LogP contribution < -0.4 is 4.90 Å². The zero-order valence-electron chi connectivity index (χ0n) is 23.6. The summed E-state index contributed by atoms with van der Waals surface area (Å²) in [6.45, 7) is 3.42. The lowest BCUT2D eigenvalue weighted by Gasteiger charge is -2.45. The molecule has 5 rings (SSSR count). The number of carbonyl (C=O) groups excluding carboxylic acids is 3. The highest BCUT2D eigenvalue weighted by molar-refractivity contribution is 6.30. The number of rotatable bonds is 5. The minimum Gasteiger partial charge on any atom is -0.507 e. The number of nitrogens with one attached hydrogen (secondary N) is 1. The van der Waals surface area contributed by atoms with Crippen LogP contribution in [0.5, 0.6) is 11.5 Å². The molecule has 0 aromatic heterocycles. The Kier molecular flexibility index (Phi) is 7.46. The van der Waals surface area contributed by atoms with Crippen LogP contribution in [0.15, 0.2) is 24.3 Å². The topological polar surface area (TPSA) is 164 Å². The summed E-state index contributed by atoms with van der Waals surface area (Å²) < 4.78 is 17.4. The number of phenols is 2. The highest BCUT2D eigenvalue weighted by Crippen LogP contribution is 2.53. The van der Waals surface area contributed by atoms with Gasteiger partial charge in [-0.3, -0.25) is 14.4 Å². The van der Waals surface area contributed by atoms with E-state index in [0.717, 1.165) is 4.90 Å².